The lowest BCUT2D eigenvalue weighted by atomic mass is 10.0. The van der Waals surface area contributed by atoms with Gasteiger partial charge in [-0.15, -0.1) is 6.42 Å². The van der Waals surface area contributed by atoms with Crippen LogP contribution in [0.1, 0.15) is 97.3 Å². The van der Waals surface area contributed by atoms with Gasteiger partial charge in [0.2, 0.25) is 0 Å². The highest BCUT2D eigenvalue weighted by Crippen LogP contribution is 2.14. The summed E-state index contributed by atoms with van der Waals surface area (Å²) in [4.78, 5) is 0. The topological polar surface area (TPSA) is 20.2 Å². The first-order valence-electron chi connectivity index (χ1n) is 9.47. The Morgan fingerprint density at radius 2 is 1.18 bits per heavy atom. The average molecular weight is 307 g/mol. The Kier molecular flexibility index (Phi) is 16.1. The van der Waals surface area contributed by atoms with Crippen LogP contribution >= 0.6 is 0 Å². The zero-order chi connectivity index (χ0) is 16.5. The van der Waals surface area contributed by atoms with Crippen LogP contribution in [0.15, 0.2) is 12.2 Å². The van der Waals surface area contributed by atoms with Gasteiger partial charge in [0, 0.05) is 0 Å². The molecule has 0 rings (SSSR count). The van der Waals surface area contributed by atoms with Gasteiger partial charge in [-0.05, 0) is 24.5 Å². The molecule has 0 aliphatic rings. The molecule has 0 aliphatic carbocycles. The molecule has 1 atom stereocenters. The minimum absolute atomic E-state index is 0.355. The van der Waals surface area contributed by atoms with Crippen molar-refractivity contribution in [3.05, 3.63) is 12.2 Å². The maximum Gasteiger partial charge on any atom is 0.0730 e. The highest BCUT2D eigenvalue weighted by Gasteiger charge is 1.99. The summed E-state index contributed by atoms with van der Waals surface area (Å²) in [5, 5.41) is 9.59. The lowest BCUT2D eigenvalue weighted by molar-refractivity contribution is 0.208. The molecule has 0 amide bonds. The summed E-state index contributed by atoms with van der Waals surface area (Å²) in [6, 6.07) is 0. The Morgan fingerprint density at radius 1 is 0.773 bits per heavy atom. The first kappa shape index (κ1) is 21.3. The summed E-state index contributed by atoms with van der Waals surface area (Å²) in [5.41, 5.74) is 0. The van der Waals surface area contributed by atoms with Crippen LogP contribution in [-0.4, -0.2) is 11.2 Å². The van der Waals surface area contributed by atoms with Gasteiger partial charge in [-0.2, -0.15) is 0 Å². The van der Waals surface area contributed by atoms with Crippen molar-refractivity contribution in [1.82, 2.24) is 0 Å². The summed E-state index contributed by atoms with van der Waals surface area (Å²) in [6.45, 7) is 4.63. The van der Waals surface area contributed by atoms with Crippen molar-refractivity contribution in [1.29, 1.82) is 0 Å². The number of unbranched alkanes of at least 4 members (excludes halogenated alkanes) is 10. The Balaban J connectivity index is 3.12. The SMILES string of the molecule is C#C/C=C\[C@@H](O)CCCCCCCCCCCCCC(C)C. The number of allylic oxidation sites excluding steroid dienone is 1. The van der Waals surface area contributed by atoms with Crippen LogP contribution in [0.3, 0.4) is 0 Å². The van der Waals surface area contributed by atoms with Crippen LogP contribution in [0.4, 0.5) is 0 Å². The molecule has 0 aliphatic heterocycles. The van der Waals surface area contributed by atoms with Gasteiger partial charge < -0.3 is 5.11 Å². The molecule has 128 valence electrons. The second kappa shape index (κ2) is 16.6. The highest BCUT2D eigenvalue weighted by molar-refractivity contribution is 5.10. The number of hydrogen-bond acceptors (Lipinski definition) is 1. The molecule has 0 saturated carbocycles. The summed E-state index contributed by atoms with van der Waals surface area (Å²) < 4.78 is 0. The standard InChI is InChI=1S/C21H38O/c1-4-5-18-21(22)19-16-14-12-10-8-6-7-9-11-13-15-17-20(2)3/h1,5,18,20-22H,6-17,19H2,2-3H3/b18-5-/t21-/m1/s1. The first-order valence-corrected chi connectivity index (χ1v) is 9.47. The van der Waals surface area contributed by atoms with Crippen molar-refractivity contribution in [3.8, 4) is 12.3 Å². The number of aliphatic hydroxyl groups is 1. The molecule has 0 aromatic carbocycles. The molecule has 0 heterocycles. The van der Waals surface area contributed by atoms with E-state index in [0.717, 1.165) is 18.8 Å². The Bertz CT molecular complexity index is 285. The Hall–Kier alpha value is -0.740. The van der Waals surface area contributed by atoms with Gasteiger partial charge >= 0.3 is 0 Å². The van der Waals surface area contributed by atoms with Gasteiger partial charge in [0.15, 0.2) is 0 Å². The van der Waals surface area contributed by atoms with Crippen molar-refractivity contribution in [2.24, 2.45) is 5.92 Å². The molecule has 0 radical (unpaired) electrons. The fourth-order valence-electron chi connectivity index (χ4n) is 2.76. The molecular weight excluding hydrogens is 268 g/mol. The Labute approximate surface area is 139 Å². The summed E-state index contributed by atoms with van der Waals surface area (Å²) in [5.74, 6) is 3.28. The molecule has 1 heteroatoms. The number of aliphatic hydroxyl groups excluding tert-OH is 1. The zero-order valence-corrected chi connectivity index (χ0v) is 15.0. The third-order valence-electron chi connectivity index (χ3n) is 4.20. The monoisotopic (exact) mass is 306 g/mol. The minimum atomic E-state index is -0.355. The smallest absolute Gasteiger partial charge is 0.0730 e. The van der Waals surface area contributed by atoms with E-state index < -0.39 is 0 Å². The maximum absolute atomic E-state index is 9.59. The van der Waals surface area contributed by atoms with E-state index in [0.29, 0.717) is 0 Å². The second-order valence-electron chi connectivity index (χ2n) is 6.95. The van der Waals surface area contributed by atoms with E-state index >= 15 is 0 Å². The largest absolute Gasteiger partial charge is 0.389 e. The lowest BCUT2D eigenvalue weighted by Crippen LogP contribution is -2.01. The van der Waals surface area contributed by atoms with Crippen LogP contribution in [0.5, 0.6) is 0 Å². The molecule has 0 saturated heterocycles. The molecule has 0 aromatic rings. The van der Waals surface area contributed by atoms with Crippen molar-refractivity contribution >= 4 is 0 Å². The molecular formula is C21H38O. The van der Waals surface area contributed by atoms with Crippen LogP contribution in [0.25, 0.3) is 0 Å². The molecule has 0 unspecified atom stereocenters. The molecule has 22 heavy (non-hydrogen) atoms. The fraction of sp³-hybridized carbons (Fsp3) is 0.810. The van der Waals surface area contributed by atoms with E-state index in [9.17, 15) is 5.11 Å². The van der Waals surface area contributed by atoms with Crippen molar-refractivity contribution in [3.63, 3.8) is 0 Å². The van der Waals surface area contributed by atoms with Crippen LogP contribution in [-0.2, 0) is 0 Å². The summed E-state index contributed by atoms with van der Waals surface area (Å²) in [7, 11) is 0. The predicted octanol–water partition coefficient (Wildman–Crippen LogP) is 6.26. The zero-order valence-electron chi connectivity index (χ0n) is 15.0. The highest BCUT2D eigenvalue weighted by atomic mass is 16.3. The van der Waals surface area contributed by atoms with Gasteiger partial charge in [0.1, 0.15) is 0 Å². The molecule has 0 bridgehead atoms. The van der Waals surface area contributed by atoms with E-state index in [1.54, 1.807) is 12.2 Å². The minimum Gasteiger partial charge on any atom is -0.389 e. The van der Waals surface area contributed by atoms with Crippen molar-refractivity contribution in [2.45, 2.75) is 103 Å². The maximum atomic E-state index is 9.59. The van der Waals surface area contributed by atoms with Gasteiger partial charge in [0.25, 0.3) is 0 Å². The van der Waals surface area contributed by atoms with E-state index in [1.165, 1.54) is 70.6 Å². The molecule has 1 N–H and O–H groups in total. The number of hydrogen-bond donors (Lipinski definition) is 1. The summed E-state index contributed by atoms with van der Waals surface area (Å²) >= 11 is 0. The normalized spacial score (nSPS) is 12.9. The van der Waals surface area contributed by atoms with E-state index in [4.69, 9.17) is 6.42 Å². The second-order valence-corrected chi connectivity index (χ2v) is 6.95. The quantitative estimate of drug-likeness (QED) is 0.279. The Morgan fingerprint density at radius 3 is 1.59 bits per heavy atom. The van der Waals surface area contributed by atoms with Gasteiger partial charge in [0.05, 0.1) is 6.10 Å². The van der Waals surface area contributed by atoms with Crippen LogP contribution < -0.4 is 0 Å². The molecule has 1 nitrogen and oxygen atoms in total. The van der Waals surface area contributed by atoms with Gasteiger partial charge in [-0.1, -0.05) is 96.8 Å². The summed E-state index contributed by atoms with van der Waals surface area (Å²) in [6.07, 6.45) is 25.2. The average Bonchev–Trinajstić information content (AvgIpc) is 2.49. The van der Waals surface area contributed by atoms with E-state index in [1.807, 2.05) is 0 Å². The van der Waals surface area contributed by atoms with Crippen LogP contribution in [0, 0.1) is 18.3 Å². The third kappa shape index (κ3) is 17.3. The molecule has 0 fully saturated rings. The predicted molar refractivity (Wildman–Crippen MR) is 98.8 cm³/mol. The van der Waals surface area contributed by atoms with Crippen molar-refractivity contribution < 1.29 is 5.11 Å². The first-order chi connectivity index (χ1) is 10.7. The van der Waals surface area contributed by atoms with Gasteiger partial charge in [-0.3, -0.25) is 0 Å². The van der Waals surface area contributed by atoms with Gasteiger partial charge in [-0.25, -0.2) is 0 Å². The van der Waals surface area contributed by atoms with Crippen LogP contribution in [0.2, 0.25) is 0 Å². The lowest BCUT2D eigenvalue weighted by Gasteiger charge is -2.06. The van der Waals surface area contributed by atoms with E-state index in [-0.39, 0.29) is 6.10 Å². The molecule has 0 aromatic heterocycles. The number of rotatable bonds is 15. The van der Waals surface area contributed by atoms with Crippen molar-refractivity contribution in [2.75, 3.05) is 0 Å². The molecule has 0 spiro atoms. The van der Waals surface area contributed by atoms with E-state index in [2.05, 4.69) is 19.8 Å². The third-order valence-corrected chi connectivity index (χ3v) is 4.20. The number of terminal acetylenes is 1. The fourth-order valence-corrected chi connectivity index (χ4v) is 2.76.